The van der Waals surface area contributed by atoms with Gasteiger partial charge in [-0.25, -0.2) is 18.4 Å². The lowest BCUT2D eigenvalue weighted by atomic mass is 10.0. The van der Waals surface area contributed by atoms with Crippen LogP contribution >= 0.6 is 0 Å². The molecule has 1 aliphatic rings. The number of hydrogen-bond acceptors (Lipinski definition) is 7. The first-order valence-electron chi connectivity index (χ1n) is 6.98. The van der Waals surface area contributed by atoms with Gasteiger partial charge < -0.3 is 5.32 Å². The lowest BCUT2D eigenvalue weighted by molar-refractivity contribution is 0.0974. The molecule has 1 N–H and O–H groups in total. The number of carbonyl (C=O) groups is 2. The number of para-hydroxylation sites is 1. The molecular formula is C16H13N3O4S. The molecule has 0 bridgehead atoms. The number of aryl methyl sites for hydroxylation is 1. The first-order valence-corrected chi connectivity index (χ1v) is 8.87. The quantitative estimate of drug-likeness (QED) is 0.900. The van der Waals surface area contributed by atoms with Crippen LogP contribution in [0.2, 0.25) is 0 Å². The monoisotopic (exact) mass is 343 g/mol. The van der Waals surface area contributed by atoms with Crippen molar-refractivity contribution in [1.29, 1.82) is 0 Å². The zero-order valence-corrected chi connectivity index (χ0v) is 13.7. The van der Waals surface area contributed by atoms with E-state index in [1.807, 2.05) is 0 Å². The van der Waals surface area contributed by atoms with Gasteiger partial charge in [-0.15, -0.1) is 0 Å². The highest BCUT2D eigenvalue weighted by atomic mass is 32.2. The summed E-state index contributed by atoms with van der Waals surface area (Å²) in [6.45, 7) is 1.80. The number of benzene rings is 1. The molecule has 122 valence electrons. The van der Waals surface area contributed by atoms with Gasteiger partial charge in [-0.05, 0) is 18.6 Å². The Morgan fingerprint density at radius 3 is 2.12 bits per heavy atom. The molecular weight excluding hydrogens is 330 g/mol. The van der Waals surface area contributed by atoms with E-state index in [9.17, 15) is 18.0 Å². The van der Waals surface area contributed by atoms with E-state index < -0.39 is 26.3 Å². The predicted molar refractivity (Wildman–Crippen MR) is 87.4 cm³/mol. The molecule has 0 radical (unpaired) electrons. The number of ketones is 2. The Labute approximate surface area is 138 Å². The summed E-state index contributed by atoms with van der Waals surface area (Å²) in [7, 11) is -3.95. The van der Waals surface area contributed by atoms with Crippen molar-refractivity contribution in [3.8, 4) is 0 Å². The maximum atomic E-state index is 12.7. The predicted octanol–water partition coefficient (Wildman–Crippen LogP) is 1.53. The minimum absolute atomic E-state index is 0.161. The molecule has 0 saturated carbocycles. The molecule has 1 aliphatic carbocycles. The fourth-order valence-corrected chi connectivity index (χ4v) is 3.38. The summed E-state index contributed by atoms with van der Waals surface area (Å²) in [6.07, 6.45) is 3.40. The van der Waals surface area contributed by atoms with Gasteiger partial charge in [0, 0.05) is 24.3 Å². The van der Waals surface area contributed by atoms with Gasteiger partial charge in [0.15, 0.2) is 9.84 Å². The summed E-state index contributed by atoms with van der Waals surface area (Å²) in [4.78, 5) is 32.4. The van der Waals surface area contributed by atoms with Crippen LogP contribution in [-0.2, 0) is 9.84 Å². The van der Waals surface area contributed by atoms with Gasteiger partial charge in [0.2, 0.25) is 11.6 Å². The number of nitrogens with one attached hydrogen (secondary N) is 1. The second kappa shape index (κ2) is 5.64. The summed E-state index contributed by atoms with van der Waals surface area (Å²) in [5, 5.41) is 2.79. The number of Topliss-reactive ketones (excluding diaryl/α,β-unsaturated/α-hetero) is 2. The van der Waals surface area contributed by atoms with E-state index in [1.165, 1.54) is 12.4 Å². The maximum absolute atomic E-state index is 12.7. The van der Waals surface area contributed by atoms with Crippen molar-refractivity contribution in [2.45, 2.75) is 6.92 Å². The van der Waals surface area contributed by atoms with Gasteiger partial charge in [0.25, 0.3) is 0 Å². The van der Waals surface area contributed by atoms with Crippen molar-refractivity contribution in [3.05, 3.63) is 64.2 Å². The number of allylic oxidation sites excluding steroid dienone is 2. The largest absolute Gasteiger partial charge is 0.351 e. The normalized spacial score (nSPS) is 14.6. The number of sulfone groups is 1. The van der Waals surface area contributed by atoms with Crippen LogP contribution in [-0.4, -0.2) is 36.2 Å². The Morgan fingerprint density at radius 1 is 0.958 bits per heavy atom. The van der Waals surface area contributed by atoms with Crippen molar-refractivity contribution in [2.75, 3.05) is 11.6 Å². The molecule has 3 rings (SSSR count). The average Bonchev–Trinajstić information content (AvgIpc) is 2.53. The number of carbonyl (C=O) groups excluding carboxylic acids is 2. The van der Waals surface area contributed by atoms with E-state index in [1.54, 1.807) is 31.2 Å². The highest BCUT2D eigenvalue weighted by molar-refractivity contribution is 7.95. The van der Waals surface area contributed by atoms with Crippen LogP contribution in [0.15, 0.2) is 47.3 Å². The molecule has 7 nitrogen and oxygen atoms in total. The van der Waals surface area contributed by atoms with Crippen molar-refractivity contribution >= 4 is 27.1 Å². The first-order chi connectivity index (χ1) is 11.3. The molecule has 0 unspecified atom stereocenters. The van der Waals surface area contributed by atoms with Crippen molar-refractivity contribution in [1.82, 2.24) is 9.97 Å². The third-order valence-corrected chi connectivity index (χ3v) is 4.70. The van der Waals surface area contributed by atoms with E-state index in [-0.39, 0.29) is 17.1 Å². The van der Waals surface area contributed by atoms with Gasteiger partial charge in [0.05, 0.1) is 0 Å². The lowest BCUT2D eigenvalue weighted by Gasteiger charge is -2.20. The van der Waals surface area contributed by atoms with Crippen LogP contribution in [0.5, 0.6) is 0 Å². The van der Waals surface area contributed by atoms with E-state index in [4.69, 9.17) is 0 Å². The van der Waals surface area contributed by atoms with Gasteiger partial charge in [-0.3, -0.25) is 9.59 Å². The lowest BCUT2D eigenvalue weighted by Crippen LogP contribution is -2.31. The molecule has 24 heavy (non-hydrogen) atoms. The summed E-state index contributed by atoms with van der Waals surface area (Å²) in [5.41, 5.74) is 0.610. The molecule has 2 aromatic rings. The fourth-order valence-electron chi connectivity index (χ4n) is 2.43. The second-order valence-corrected chi connectivity index (χ2v) is 7.28. The minimum atomic E-state index is -3.95. The SMILES string of the molecule is Cc1ccccc1NC1=C(S(C)(=O)=O)C(=O)c2nccnc2C1=O. The number of nitrogens with zero attached hydrogens (tertiary/aromatic N) is 2. The molecule has 0 spiro atoms. The Kier molecular flexibility index (Phi) is 3.76. The van der Waals surface area contributed by atoms with Gasteiger partial charge >= 0.3 is 0 Å². The topological polar surface area (TPSA) is 106 Å². The van der Waals surface area contributed by atoms with Gasteiger partial charge in [-0.2, -0.15) is 0 Å². The zero-order chi connectivity index (χ0) is 17.5. The standard InChI is InChI=1S/C16H13N3O4S/c1-9-5-3-4-6-10(9)19-13-14(20)11-12(18-8-7-17-11)15(21)16(13)24(2,22)23/h3-8,19H,1-2H3. The molecule has 0 fully saturated rings. The van der Waals surface area contributed by atoms with E-state index in [0.29, 0.717) is 5.69 Å². The van der Waals surface area contributed by atoms with Crippen molar-refractivity contribution < 1.29 is 18.0 Å². The third-order valence-electron chi connectivity index (χ3n) is 3.56. The van der Waals surface area contributed by atoms with Crippen LogP contribution in [0.25, 0.3) is 0 Å². The molecule has 0 aliphatic heterocycles. The minimum Gasteiger partial charge on any atom is -0.351 e. The second-order valence-electron chi connectivity index (χ2n) is 5.33. The number of fused-ring (bicyclic) bond motifs is 1. The maximum Gasteiger partial charge on any atom is 0.231 e. The van der Waals surface area contributed by atoms with Crippen LogP contribution in [0, 0.1) is 6.92 Å². The number of hydrogen-bond donors (Lipinski definition) is 1. The molecule has 1 aromatic carbocycles. The van der Waals surface area contributed by atoms with Crippen LogP contribution in [0.3, 0.4) is 0 Å². The zero-order valence-electron chi connectivity index (χ0n) is 12.9. The number of rotatable bonds is 3. The van der Waals surface area contributed by atoms with Crippen molar-refractivity contribution in [2.24, 2.45) is 0 Å². The van der Waals surface area contributed by atoms with Crippen LogP contribution < -0.4 is 5.32 Å². The van der Waals surface area contributed by atoms with E-state index >= 15 is 0 Å². The smallest absolute Gasteiger partial charge is 0.231 e. The highest BCUT2D eigenvalue weighted by Crippen LogP contribution is 2.28. The van der Waals surface area contributed by atoms with Gasteiger partial charge in [-0.1, -0.05) is 18.2 Å². The van der Waals surface area contributed by atoms with Crippen LogP contribution in [0.1, 0.15) is 26.5 Å². The summed E-state index contributed by atoms with van der Waals surface area (Å²) in [6, 6.07) is 7.03. The summed E-state index contributed by atoms with van der Waals surface area (Å²) in [5.74, 6) is -1.52. The molecule has 0 atom stereocenters. The van der Waals surface area contributed by atoms with Gasteiger partial charge in [0.1, 0.15) is 22.0 Å². The van der Waals surface area contributed by atoms with Crippen molar-refractivity contribution in [3.63, 3.8) is 0 Å². The molecule has 0 amide bonds. The Balaban J connectivity index is 2.24. The third kappa shape index (κ3) is 2.61. The Bertz CT molecular complexity index is 1010. The molecule has 1 aromatic heterocycles. The number of aromatic nitrogens is 2. The average molecular weight is 343 g/mol. The molecule has 0 saturated heterocycles. The van der Waals surface area contributed by atoms with E-state index in [0.717, 1.165) is 11.8 Å². The Morgan fingerprint density at radius 2 is 1.54 bits per heavy atom. The number of anilines is 1. The highest BCUT2D eigenvalue weighted by Gasteiger charge is 2.39. The fraction of sp³-hybridized carbons (Fsp3) is 0.125. The summed E-state index contributed by atoms with van der Waals surface area (Å²) >= 11 is 0. The molecule has 1 heterocycles. The van der Waals surface area contributed by atoms with E-state index in [2.05, 4.69) is 15.3 Å². The Hall–Kier alpha value is -2.87. The first kappa shape index (κ1) is 16.0. The molecule has 8 heteroatoms. The van der Waals surface area contributed by atoms with Crippen LogP contribution in [0.4, 0.5) is 5.69 Å². The summed E-state index contributed by atoms with van der Waals surface area (Å²) < 4.78 is 24.2.